The topological polar surface area (TPSA) is 43.8 Å². The fourth-order valence-electron chi connectivity index (χ4n) is 1.74. The van der Waals surface area contributed by atoms with Crippen LogP contribution in [0.1, 0.15) is 6.92 Å². The summed E-state index contributed by atoms with van der Waals surface area (Å²) in [7, 11) is 0. The van der Waals surface area contributed by atoms with Gasteiger partial charge in [0.2, 0.25) is 0 Å². The number of hydrogen-bond acceptors (Lipinski definition) is 3. The van der Waals surface area contributed by atoms with Crippen LogP contribution < -0.4 is 0 Å². The number of carboxylic acids is 1. The molecule has 104 valence electrons. The Morgan fingerprint density at radius 1 is 1.22 bits per heavy atom. The second-order valence-electron chi connectivity index (χ2n) is 4.38. The largest absolute Gasteiger partial charge is 0.478 e. The fourth-order valence-corrected chi connectivity index (χ4v) is 1.74. The van der Waals surface area contributed by atoms with Gasteiger partial charge in [-0.05, 0) is 6.92 Å². The maximum Gasteiger partial charge on any atom is 0.401 e. The van der Waals surface area contributed by atoms with Crippen LogP contribution in [-0.4, -0.2) is 66.3 Å². The molecule has 0 unspecified atom stereocenters. The molecule has 0 aromatic heterocycles. The van der Waals surface area contributed by atoms with Crippen LogP contribution in [-0.2, 0) is 4.79 Å². The number of hydrogen-bond donors (Lipinski definition) is 1. The van der Waals surface area contributed by atoms with Gasteiger partial charge in [0, 0.05) is 38.3 Å². The summed E-state index contributed by atoms with van der Waals surface area (Å²) < 4.78 is 36.5. The van der Waals surface area contributed by atoms with E-state index in [4.69, 9.17) is 5.11 Å². The number of nitrogens with zero attached hydrogens (tertiary/aromatic N) is 2. The van der Waals surface area contributed by atoms with Crippen molar-refractivity contribution in [2.75, 3.05) is 39.3 Å². The Morgan fingerprint density at radius 3 is 2.17 bits per heavy atom. The molecule has 1 fully saturated rings. The highest BCUT2D eigenvalue weighted by molar-refractivity contribution is 5.85. The Kier molecular flexibility index (Phi) is 5.15. The number of alkyl halides is 3. The molecule has 0 aliphatic carbocycles. The predicted octanol–water partition coefficient (Wildman–Crippen LogP) is 1.20. The first kappa shape index (κ1) is 15.0. The van der Waals surface area contributed by atoms with E-state index in [-0.39, 0.29) is 5.57 Å². The van der Waals surface area contributed by atoms with Gasteiger partial charge in [0.15, 0.2) is 0 Å². The Morgan fingerprint density at radius 2 is 1.72 bits per heavy atom. The summed E-state index contributed by atoms with van der Waals surface area (Å²) >= 11 is 0. The van der Waals surface area contributed by atoms with E-state index in [1.165, 1.54) is 11.8 Å². The van der Waals surface area contributed by atoms with Crippen LogP contribution in [0.25, 0.3) is 0 Å². The zero-order valence-electron chi connectivity index (χ0n) is 10.2. The number of halogens is 3. The molecule has 0 amide bonds. The summed E-state index contributed by atoms with van der Waals surface area (Å²) in [5.41, 5.74) is 0.257. The lowest BCUT2D eigenvalue weighted by atomic mass is 10.2. The summed E-state index contributed by atoms with van der Waals surface area (Å²) in [6.07, 6.45) is -2.57. The zero-order chi connectivity index (χ0) is 13.8. The summed E-state index contributed by atoms with van der Waals surface area (Å²) in [6.45, 7) is 2.88. The van der Waals surface area contributed by atoms with Crippen molar-refractivity contribution in [3.8, 4) is 0 Å². The van der Waals surface area contributed by atoms with Crippen LogP contribution >= 0.6 is 0 Å². The molecule has 1 aliphatic heterocycles. The first-order valence-corrected chi connectivity index (χ1v) is 5.69. The minimum atomic E-state index is -4.15. The second kappa shape index (κ2) is 6.19. The van der Waals surface area contributed by atoms with E-state index in [0.29, 0.717) is 32.7 Å². The molecule has 0 radical (unpaired) electrons. The molecule has 7 heteroatoms. The van der Waals surface area contributed by atoms with Crippen LogP contribution in [0.3, 0.4) is 0 Å². The van der Waals surface area contributed by atoms with Crippen molar-refractivity contribution in [3.05, 3.63) is 11.6 Å². The number of piperazine rings is 1. The molecule has 1 saturated heterocycles. The third-order valence-electron chi connectivity index (χ3n) is 2.86. The molecular formula is C11H17F3N2O2. The lowest BCUT2D eigenvalue weighted by Crippen LogP contribution is -2.49. The summed E-state index contributed by atoms with van der Waals surface area (Å²) in [4.78, 5) is 13.9. The van der Waals surface area contributed by atoms with Gasteiger partial charge >= 0.3 is 12.1 Å². The number of carbonyl (C=O) groups is 1. The molecule has 4 nitrogen and oxygen atoms in total. The van der Waals surface area contributed by atoms with E-state index >= 15 is 0 Å². The molecule has 0 atom stereocenters. The molecule has 1 aliphatic rings. The highest BCUT2D eigenvalue weighted by Crippen LogP contribution is 2.17. The minimum Gasteiger partial charge on any atom is -0.478 e. The van der Waals surface area contributed by atoms with E-state index in [9.17, 15) is 18.0 Å². The Balaban J connectivity index is 2.32. The molecule has 0 aromatic carbocycles. The first-order chi connectivity index (χ1) is 8.28. The molecular weight excluding hydrogens is 249 g/mol. The maximum absolute atomic E-state index is 12.2. The van der Waals surface area contributed by atoms with Gasteiger partial charge in [0.05, 0.1) is 6.54 Å². The molecule has 1 N–H and O–H groups in total. The highest BCUT2D eigenvalue weighted by atomic mass is 19.4. The summed E-state index contributed by atoms with van der Waals surface area (Å²) in [5, 5.41) is 8.66. The van der Waals surface area contributed by atoms with Crippen molar-refractivity contribution in [2.24, 2.45) is 0 Å². The number of rotatable bonds is 4. The minimum absolute atomic E-state index is 0.257. The average Bonchev–Trinajstić information content (AvgIpc) is 2.25. The summed E-state index contributed by atoms with van der Waals surface area (Å²) in [6, 6.07) is 0. The van der Waals surface area contributed by atoms with Gasteiger partial charge < -0.3 is 5.11 Å². The molecule has 18 heavy (non-hydrogen) atoms. The zero-order valence-corrected chi connectivity index (χ0v) is 10.2. The number of carboxylic acid groups (broad SMARTS) is 1. The van der Waals surface area contributed by atoms with Gasteiger partial charge in [-0.2, -0.15) is 13.2 Å². The molecule has 1 heterocycles. The van der Waals surface area contributed by atoms with Crippen LogP contribution in [0.5, 0.6) is 0 Å². The van der Waals surface area contributed by atoms with E-state index in [0.717, 1.165) is 0 Å². The van der Waals surface area contributed by atoms with Crippen LogP contribution in [0.2, 0.25) is 0 Å². The normalized spacial score (nSPS) is 20.1. The van der Waals surface area contributed by atoms with Gasteiger partial charge in [-0.3, -0.25) is 9.80 Å². The van der Waals surface area contributed by atoms with Crippen molar-refractivity contribution in [1.82, 2.24) is 9.80 Å². The molecule has 0 bridgehead atoms. The first-order valence-electron chi connectivity index (χ1n) is 5.69. The fraction of sp³-hybridized carbons (Fsp3) is 0.727. The third kappa shape index (κ3) is 5.50. The Bertz CT molecular complexity index is 321. The highest BCUT2D eigenvalue weighted by Gasteiger charge is 2.31. The molecule has 0 saturated carbocycles. The van der Waals surface area contributed by atoms with Crippen molar-refractivity contribution in [3.63, 3.8) is 0 Å². The average molecular weight is 266 g/mol. The second-order valence-corrected chi connectivity index (χ2v) is 4.38. The van der Waals surface area contributed by atoms with Crippen molar-refractivity contribution in [1.29, 1.82) is 0 Å². The molecule has 1 rings (SSSR count). The van der Waals surface area contributed by atoms with E-state index in [1.54, 1.807) is 6.08 Å². The van der Waals surface area contributed by atoms with Crippen LogP contribution in [0.4, 0.5) is 13.2 Å². The van der Waals surface area contributed by atoms with Gasteiger partial charge in [-0.25, -0.2) is 4.79 Å². The van der Waals surface area contributed by atoms with Crippen LogP contribution in [0.15, 0.2) is 11.6 Å². The molecule has 0 spiro atoms. The van der Waals surface area contributed by atoms with Gasteiger partial charge in [0.1, 0.15) is 0 Å². The van der Waals surface area contributed by atoms with Gasteiger partial charge in [0.25, 0.3) is 0 Å². The van der Waals surface area contributed by atoms with Gasteiger partial charge in [-0.15, -0.1) is 0 Å². The quantitative estimate of drug-likeness (QED) is 0.776. The Hall–Kier alpha value is -1.08. The SMILES string of the molecule is CC(=CCN1CCN(CC(F)(F)F)CC1)C(=O)O. The standard InChI is InChI=1S/C11H17F3N2O2/c1-9(10(17)18)2-3-15-4-6-16(7-5-15)8-11(12,13)14/h2H,3-8H2,1H3,(H,17,18). The summed E-state index contributed by atoms with van der Waals surface area (Å²) in [5.74, 6) is -0.967. The maximum atomic E-state index is 12.2. The lowest BCUT2D eigenvalue weighted by Gasteiger charge is -2.34. The Labute approximate surface area is 104 Å². The van der Waals surface area contributed by atoms with Crippen molar-refractivity contribution < 1.29 is 23.1 Å². The van der Waals surface area contributed by atoms with Crippen molar-refractivity contribution in [2.45, 2.75) is 13.1 Å². The van der Waals surface area contributed by atoms with Crippen molar-refractivity contribution >= 4 is 5.97 Å². The lowest BCUT2D eigenvalue weighted by molar-refractivity contribution is -0.149. The van der Waals surface area contributed by atoms with E-state index in [2.05, 4.69) is 0 Å². The molecule has 0 aromatic rings. The van der Waals surface area contributed by atoms with Gasteiger partial charge in [-0.1, -0.05) is 6.08 Å². The predicted molar refractivity (Wildman–Crippen MR) is 60.3 cm³/mol. The third-order valence-corrected chi connectivity index (χ3v) is 2.86. The number of aliphatic carboxylic acids is 1. The van der Waals surface area contributed by atoms with Crippen LogP contribution in [0, 0.1) is 0 Å². The smallest absolute Gasteiger partial charge is 0.401 e. The monoisotopic (exact) mass is 266 g/mol. The van der Waals surface area contributed by atoms with E-state index in [1.807, 2.05) is 4.90 Å². The van der Waals surface area contributed by atoms with E-state index < -0.39 is 18.7 Å².